The normalized spacial score (nSPS) is 15.9. The molecular weight excluding hydrogens is 584 g/mol. The van der Waals surface area contributed by atoms with Crippen LogP contribution in [0.25, 0.3) is 11.4 Å². The Hall–Kier alpha value is -5.11. The van der Waals surface area contributed by atoms with Crippen LogP contribution in [0.5, 0.6) is 23.0 Å². The molecule has 2 atom stereocenters. The third-order valence-electron chi connectivity index (χ3n) is 7.60. The predicted molar refractivity (Wildman–Crippen MR) is 158 cm³/mol. The monoisotopic (exact) mass is 618 g/mol. The van der Waals surface area contributed by atoms with E-state index in [-0.39, 0.29) is 26.0 Å². The molecule has 1 N–H and O–H groups in total. The minimum Gasteiger partial charge on any atom is -0.493 e. The second kappa shape index (κ2) is 13.3. The Morgan fingerprint density at radius 3 is 2.67 bits per heavy atom. The first-order valence-corrected chi connectivity index (χ1v) is 14.6. The van der Waals surface area contributed by atoms with Crippen LogP contribution in [0.2, 0.25) is 0 Å². The molecule has 2 aliphatic heterocycles. The number of aromatic nitrogens is 4. The minimum absolute atomic E-state index is 0.0600. The van der Waals surface area contributed by atoms with Crippen molar-refractivity contribution in [3.63, 3.8) is 0 Å². The maximum absolute atomic E-state index is 14.1. The van der Waals surface area contributed by atoms with Crippen LogP contribution in [0, 0.1) is 6.92 Å². The maximum Gasteiger partial charge on any atom is 0.250 e. The van der Waals surface area contributed by atoms with Gasteiger partial charge in [0.05, 0.1) is 20.3 Å². The fourth-order valence-electron chi connectivity index (χ4n) is 5.31. The first kappa shape index (κ1) is 29.9. The van der Waals surface area contributed by atoms with E-state index in [0.717, 1.165) is 18.4 Å². The lowest BCUT2D eigenvalue weighted by atomic mass is 10.1. The van der Waals surface area contributed by atoms with Gasteiger partial charge in [0.15, 0.2) is 29.0 Å². The van der Waals surface area contributed by atoms with Crippen LogP contribution in [0.1, 0.15) is 36.0 Å². The van der Waals surface area contributed by atoms with Gasteiger partial charge in [-0.1, -0.05) is 6.07 Å². The van der Waals surface area contributed by atoms with Crippen LogP contribution in [0.15, 0.2) is 52.9 Å². The van der Waals surface area contributed by atoms with E-state index < -0.39 is 17.9 Å². The Balaban J connectivity index is 1.29. The molecule has 0 radical (unpaired) electrons. The van der Waals surface area contributed by atoms with E-state index in [4.69, 9.17) is 28.1 Å². The Morgan fingerprint density at radius 1 is 1.07 bits per heavy atom. The second-order valence-electron chi connectivity index (χ2n) is 10.7. The molecule has 2 amide bonds. The zero-order valence-electron chi connectivity index (χ0n) is 25.2. The average molecular weight is 619 g/mol. The number of fused-ring (bicyclic) bond motifs is 1. The number of hydrogen-bond acceptors (Lipinski definition) is 11. The number of ether oxygens (including phenoxy) is 5. The molecule has 1 fully saturated rings. The minimum atomic E-state index is -1.09. The highest BCUT2D eigenvalue weighted by Crippen LogP contribution is 2.34. The van der Waals surface area contributed by atoms with E-state index in [2.05, 4.69) is 20.7 Å². The number of hydrogen-bond donors (Lipinski definition) is 1. The first-order chi connectivity index (χ1) is 21.9. The quantitative estimate of drug-likeness (QED) is 0.249. The van der Waals surface area contributed by atoms with Gasteiger partial charge in [-0.15, -0.1) is 10.2 Å². The van der Waals surface area contributed by atoms with E-state index in [1.165, 1.54) is 16.8 Å². The van der Waals surface area contributed by atoms with Gasteiger partial charge in [0.25, 0.3) is 5.91 Å². The lowest BCUT2D eigenvalue weighted by Crippen LogP contribution is -2.46. The molecule has 4 aromatic rings. The van der Waals surface area contributed by atoms with Gasteiger partial charge in [-0.2, -0.15) is 4.80 Å². The zero-order valence-corrected chi connectivity index (χ0v) is 25.2. The van der Waals surface area contributed by atoms with Crippen molar-refractivity contribution >= 4 is 11.8 Å². The van der Waals surface area contributed by atoms with Gasteiger partial charge in [-0.25, -0.2) is 0 Å². The standard InChI is InChI=1S/C31H34N6O8/c1-19-6-9-25(45-19)29(31(39)32-15-22-5-4-12-42-22)36(16-20-7-10-24-27(13-20)44-18-43-24)28(38)17-37-34-30(33-35-37)21-8-11-23(40-2)26(14-21)41-3/h6-11,13-14,22,29H,4-5,12,15-18H2,1-3H3,(H,32,39)/t22-,29+/m1/s1. The molecule has 0 saturated carbocycles. The maximum atomic E-state index is 14.1. The van der Waals surface area contributed by atoms with Gasteiger partial charge in [0, 0.05) is 25.3 Å². The van der Waals surface area contributed by atoms with Crippen LogP contribution in [-0.2, 0) is 27.4 Å². The molecule has 14 heteroatoms. The van der Waals surface area contributed by atoms with Gasteiger partial charge >= 0.3 is 0 Å². The van der Waals surface area contributed by atoms with Gasteiger partial charge in [-0.05, 0) is 73.0 Å². The molecule has 2 aromatic heterocycles. The number of benzene rings is 2. The fourth-order valence-corrected chi connectivity index (χ4v) is 5.31. The Bertz CT molecular complexity index is 1660. The number of carbonyl (C=O) groups excluding carboxylic acids is 2. The van der Waals surface area contributed by atoms with Crippen LogP contribution in [0.3, 0.4) is 0 Å². The lowest BCUT2D eigenvalue weighted by Gasteiger charge is -2.30. The molecule has 14 nitrogen and oxygen atoms in total. The van der Waals surface area contributed by atoms with Crippen molar-refractivity contribution in [3.8, 4) is 34.4 Å². The third kappa shape index (κ3) is 6.70. The van der Waals surface area contributed by atoms with Crippen molar-refractivity contribution in [3.05, 3.63) is 65.6 Å². The van der Waals surface area contributed by atoms with E-state index in [1.54, 1.807) is 56.5 Å². The molecule has 45 heavy (non-hydrogen) atoms. The smallest absolute Gasteiger partial charge is 0.250 e. The number of methoxy groups -OCH3 is 2. The van der Waals surface area contributed by atoms with Crippen LogP contribution >= 0.6 is 0 Å². The summed E-state index contributed by atoms with van der Waals surface area (Å²) in [6.45, 7) is 2.64. The zero-order chi connectivity index (χ0) is 31.3. The Labute approximate surface area is 259 Å². The number of aryl methyl sites for hydroxylation is 1. The molecule has 236 valence electrons. The summed E-state index contributed by atoms with van der Waals surface area (Å²) in [5.41, 5.74) is 1.35. The van der Waals surface area contributed by atoms with E-state index in [1.807, 2.05) is 6.07 Å². The number of rotatable bonds is 12. The molecule has 0 unspecified atom stereocenters. The van der Waals surface area contributed by atoms with Crippen molar-refractivity contribution in [1.29, 1.82) is 0 Å². The molecule has 0 aliphatic carbocycles. The van der Waals surface area contributed by atoms with E-state index in [0.29, 0.717) is 59.1 Å². The number of carbonyl (C=O) groups is 2. The summed E-state index contributed by atoms with van der Waals surface area (Å²) in [4.78, 5) is 30.6. The topological polar surface area (TPSA) is 152 Å². The lowest BCUT2D eigenvalue weighted by molar-refractivity contribution is -0.143. The summed E-state index contributed by atoms with van der Waals surface area (Å²) in [5.74, 6) is 2.62. The second-order valence-corrected chi connectivity index (χ2v) is 10.7. The summed E-state index contributed by atoms with van der Waals surface area (Å²) in [7, 11) is 3.08. The van der Waals surface area contributed by atoms with Gasteiger partial charge in [-0.3, -0.25) is 9.59 Å². The molecule has 1 saturated heterocycles. The SMILES string of the molecule is COc1ccc(-c2nnn(CC(=O)N(Cc3ccc4c(c3)OCO4)[C@H](C(=O)NC[C@H]3CCCO3)c3ccc(C)o3)n2)cc1OC. The molecule has 0 bridgehead atoms. The Kier molecular flexibility index (Phi) is 8.82. The molecule has 4 heterocycles. The Morgan fingerprint density at radius 2 is 1.91 bits per heavy atom. The average Bonchev–Trinajstić information content (AvgIpc) is 3.88. The van der Waals surface area contributed by atoms with Crippen molar-refractivity contribution in [1.82, 2.24) is 30.4 Å². The van der Waals surface area contributed by atoms with Gasteiger partial charge < -0.3 is 38.3 Å². The highest BCUT2D eigenvalue weighted by atomic mass is 16.7. The van der Waals surface area contributed by atoms with Gasteiger partial charge in [0.1, 0.15) is 18.1 Å². The first-order valence-electron chi connectivity index (χ1n) is 14.6. The number of nitrogens with zero attached hydrogens (tertiary/aromatic N) is 5. The van der Waals surface area contributed by atoms with E-state index >= 15 is 0 Å². The molecular formula is C31H34N6O8. The predicted octanol–water partition coefficient (Wildman–Crippen LogP) is 3.05. The van der Waals surface area contributed by atoms with Crippen molar-refractivity contribution in [2.45, 2.75) is 45.0 Å². The number of furan rings is 1. The molecule has 6 rings (SSSR count). The number of tetrazole rings is 1. The molecule has 2 aliphatic rings. The van der Waals surface area contributed by atoms with Gasteiger partial charge in [0.2, 0.25) is 18.5 Å². The number of nitrogens with one attached hydrogen (secondary N) is 1. The summed E-state index contributed by atoms with van der Waals surface area (Å²) in [6, 6.07) is 13.0. The number of amides is 2. The van der Waals surface area contributed by atoms with Crippen molar-refractivity contribution < 1.29 is 37.7 Å². The molecule has 0 spiro atoms. The van der Waals surface area contributed by atoms with Crippen molar-refractivity contribution in [2.75, 3.05) is 34.2 Å². The summed E-state index contributed by atoms with van der Waals surface area (Å²) < 4.78 is 33.3. The van der Waals surface area contributed by atoms with E-state index in [9.17, 15) is 9.59 Å². The highest BCUT2D eigenvalue weighted by molar-refractivity contribution is 5.88. The third-order valence-corrected chi connectivity index (χ3v) is 7.60. The van der Waals surface area contributed by atoms with Crippen LogP contribution in [0.4, 0.5) is 0 Å². The largest absolute Gasteiger partial charge is 0.493 e. The summed E-state index contributed by atoms with van der Waals surface area (Å²) in [5, 5.41) is 15.7. The molecule has 2 aromatic carbocycles. The van der Waals surface area contributed by atoms with Crippen LogP contribution in [-0.4, -0.2) is 77.2 Å². The summed E-state index contributed by atoms with van der Waals surface area (Å²) in [6.07, 6.45) is 1.71. The van der Waals surface area contributed by atoms with Crippen LogP contribution < -0.4 is 24.3 Å². The van der Waals surface area contributed by atoms with Crippen molar-refractivity contribution in [2.24, 2.45) is 0 Å². The highest BCUT2D eigenvalue weighted by Gasteiger charge is 2.35. The summed E-state index contributed by atoms with van der Waals surface area (Å²) >= 11 is 0. The fraction of sp³-hybridized carbons (Fsp3) is 0.387.